The number of hydrogen-bond donors (Lipinski definition) is 1. The Morgan fingerprint density at radius 2 is 1.79 bits per heavy atom. The molecule has 0 aromatic carbocycles. The first-order chi connectivity index (χ1) is 6.16. The Bertz CT molecular complexity index is 202. The van der Waals surface area contributed by atoms with Crippen LogP contribution in [0.1, 0.15) is 40.0 Å². The Morgan fingerprint density at radius 1 is 1.29 bits per heavy atom. The zero-order valence-electron chi connectivity index (χ0n) is 10.2. The van der Waals surface area contributed by atoms with Gasteiger partial charge in [0.1, 0.15) is 0 Å². The van der Waals surface area contributed by atoms with Crippen LogP contribution in [-0.4, -0.2) is 25.6 Å². The molecule has 1 rings (SSSR count). The Kier molecular flexibility index (Phi) is 3.15. The van der Waals surface area contributed by atoms with E-state index in [0.29, 0.717) is 6.61 Å². The first kappa shape index (κ1) is 12.2. The Hall–Kier alpha value is 0.137. The first-order valence-corrected chi connectivity index (χ1v) is 8.44. The third kappa shape index (κ3) is 2.58. The van der Waals surface area contributed by atoms with Crippen molar-refractivity contribution < 1.29 is 9.53 Å². The van der Waals surface area contributed by atoms with Crippen molar-refractivity contribution in [2.45, 2.75) is 63.8 Å². The van der Waals surface area contributed by atoms with Gasteiger partial charge in [-0.05, 0) is 37.4 Å². The molecule has 0 aliphatic heterocycles. The van der Waals surface area contributed by atoms with Crippen LogP contribution < -0.4 is 0 Å². The lowest BCUT2D eigenvalue weighted by Gasteiger charge is -2.42. The highest BCUT2D eigenvalue weighted by atomic mass is 28.4. The van der Waals surface area contributed by atoms with Crippen LogP contribution >= 0.6 is 0 Å². The molecule has 0 aromatic rings. The predicted octanol–water partition coefficient (Wildman–Crippen LogP) is 2.92. The van der Waals surface area contributed by atoms with Crippen molar-refractivity contribution in [2.75, 3.05) is 6.61 Å². The van der Waals surface area contributed by atoms with Gasteiger partial charge < -0.3 is 9.53 Å². The van der Waals surface area contributed by atoms with Crippen molar-refractivity contribution in [3.05, 3.63) is 0 Å². The fourth-order valence-corrected chi connectivity index (χ4v) is 2.32. The molecular weight excluding hydrogens is 192 g/mol. The van der Waals surface area contributed by atoms with Crippen LogP contribution in [0.2, 0.25) is 18.1 Å². The largest absolute Gasteiger partial charge is 0.414 e. The summed E-state index contributed by atoms with van der Waals surface area (Å²) in [4.78, 5) is 0. The molecule has 0 bridgehead atoms. The van der Waals surface area contributed by atoms with E-state index in [0.717, 1.165) is 19.3 Å². The number of rotatable bonds is 3. The molecule has 0 unspecified atom stereocenters. The molecule has 2 nitrogen and oxygen atoms in total. The molecule has 0 radical (unpaired) electrons. The van der Waals surface area contributed by atoms with Gasteiger partial charge in [-0.25, -0.2) is 0 Å². The fraction of sp³-hybridized carbons (Fsp3) is 1.00. The fourth-order valence-electron chi connectivity index (χ4n) is 1.26. The van der Waals surface area contributed by atoms with E-state index in [4.69, 9.17) is 4.43 Å². The summed E-state index contributed by atoms with van der Waals surface area (Å²) in [6.07, 6.45) is 2.99. The van der Waals surface area contributed by atoms with E-state index in [1.807, 2.05) is 0 Å². The van der Waals surface area contributed by atoms with Gasteiger partial charge in [-0.2, -0.15) is 0 Å². The lowest BCUT2D eigenvalue weighted by molar-refractivity contribution is -0.0697. The van der Waals surface area contributed by atoms with Crippen molar-refractivity contribution in [1.29, 1.82) is 0 Å². The third-order valence-electron chi connectivity index (χ3n) is 3.79. The Labute approximate surface area is 88.8 Å². The highest BCUT2D eigenvalue weighted by Crippen LogP contribution is 2.39. The molecule has 1 aliphatic carbocycles. The molecule has 0 heterocycles. The summed E-state index contributed by atoms with van der Waals surface area (Å²) < 4.78 is 5.99. The molecule has 1 saturated carbocycles. The van der Waals surface area contributed by atoms with E-state index < -0.39 is 13.9 Å². The van der Waals surface area contributed by atoms with Crippen molar-refractivity contribution in [3.8, 4) is 0 Å². The summed E-state index contributed by atoms with van der Waals surface area (Å²) in [7, 11) is -1.66. The van der Waals surface area contributed by atoms with Crippen molar-refractivity contribution in [1.82, 2.24) is 0 Å². The topological polar surface area (TPSA) is 29.5 Å². The van der Waals surface area contributed by atoms with Gasteiger partial charge in [0.15, 0.2) is 8.32 Å². The lowest BCUT2D eigenvalue weighted by Crippen LogP contribution is -2.49. The van der Waals surface area contributed by atoms with E-state index in [9.17, 15) is 5.11 Å². The van der Waals surface area contributed by atoms with Crippen LogP contribution in [0.3, 0.4) is 0 Å². The van der Waals surface area contributed by atoms with Crippen LogP contribution in [-0.2, 0) is 4.43 Å². The zero-order chi connectivity index (χ0) is 11.0. The Balaban J connectivity index is 2.44. The van der Waals surface area contributed by atoms with Crippen LogP contribution in [0.25, 0.3) is 0 Å². The van der Waals surface area contributed by atoms with Crippen molar-refractivity contribution >= 4 is 8.32 Å². The zero-order valence-corrected chi connectivity index (χ0v) is 11.2. The number of hydrogen-bond acceptors (Lipinski definition) is 2. The van der Waals surface area contributed by atoms with E-state index in [2.05, 4.69) is 33.9 Å². The van der Waals surface area contributed by atoms with Gasteiger partial charge >= 0.3 is 0 Å². The third-order valence-corrected chi connectivity index (χ3v) is 8.27. The van der Waals surface area contributed by atoms with Gasteiger partial charge in [0.05, 0.1) is 12.2 Å². The first-order valence-electron chi connectivity index (χ1n) is 5.53. The summed E-state index contributed by atoms with van der Waals surface area (Å²) in [5, 5.41) is 10.2. The van der Waals surface area contributed by atoms with Gasteiger partial charge in [-0.3, -0.25) is 0 Å². The summed E-state index contributed by atoms with van der Waals surface area (Å²) in [5.41, 5.74) is -0.491. The summed E-state index contributed by atoms with van der Waals surface area (Å²) in [5.74, 6) is 0. The lowest BCUT2D eigenvalue weighted by atomic mass is 9.81. The summed E-state index contributed by atoms with van der Waals surface area (Å²) in [6.45, 7) is 11.7. The van der Waals surface area contributed by atoms with Crippen molar-refractivity contribution in [2.24, 2.45) is 0 Å². The average Bonchev–Trinajstić information content (AvgIpc) is 1.95. The predicted molar refractivity (Wildman–Crippen MR) is 61.9 cm³/mol. The van der Waals surface area contributed by atoms with E-state index in [1.165, 1.54) is 0 Å². The maximum absolute atomic E-state index is 9.94. The van der Waals surface area contributed by atoms with Crippen LogP contribution in [0, 0.1) is 0 Å². The quantitative estimate of drug-likeness (QED) is 0.735. The van der Waals surface area contributed by atoms with Crippen LogP contribution in [0.5, 0.6) is 0 Å². The molecular formula is C11H24O2Si. The maximum atomic E-state index is 9.94. The minimum atomic E-state index is -1.66. The Morgan fingerprint density at radius 3 is 2.07 bits per heavy atom. The van der Waals surface area contributed by atoms with Gasteiger partial charge in [-0.1, -0.05) is 20.8 Å². The molecule has 0 spiro atoms. The molecule has 1 N–H and O–H groups in total. The second kappa shape index (κ2) is 3.61. The van der Waals surface area contributed by atoms with E-state index in [1.54, 1.807) is 0 Å². The SMILES string of the molecule is CC(C)(C)[Si](C)(C)OCC1(O)CCC1. The molecule has 0 saturated heterocycles. The van der Waals surface area contributed by atoms with Crippen LogP contribution in [0.4, 0.5) is 0 Å². The molecule has 0 amide bonds. The molecule has 0 atom stereocenters. The smallest absolute Gasteiger partial charge is 0.192 e. The minimum Gasteiger partial charge on any atom is -0.414 e. The summed E-state index contributed by atoms with van der Waals surface area (Å²) in [6, 6.07) is 0. The molecule has 14 heavy (non-hydrogen) atoms. The van der Waals surface area contributed by atoms with Gasteiger partial charge in [-0.15, -0.1) is 0 Å². The maximum Gasteiger partial charge on any atom is 0.192 e. The number of aliphatic hydroxyl groups is 1. The normalized spacial score (nSPS) is 21.9. The minimum absolute atomic E-state index is 0.243. The van der Waals surface area contributed by atoms with Crippen LogP contribution in [0.15, 0.2) is 0 Å². The van der Waals surface area contributed by atoms with E-state index >= 15 is 0 Å². The summed E-state index contributed by atoms with van der Waals surface area (Å²) >= 11 is 0. The standard InChI is InChI=1S/C11H24O2Si/c1-10(2,3)14(4,5)13-9-11(12)7-6-8-11/h12H,6-9H2,1-5H3. The molecule has 1 fully saturated rings. The highest BCUT2D eigenvalue weighted by molar-refractivity contribution is 6.74. The van der Waals surface area contributed by atoms with Gasteiger partial charge in [0.2, 0.25) is 0 Å². The van der Waals surface area contributed by atoms with E-state index in [-0.39, 0.29) is 5.04 Å². The van der Waals surface area contributed by atoms with Crippen molar-refractivity contribution in [3.63, 3.8) is 0 Å². The monoisotopic (exact) mass is 216 g/mol. The highest BCUT2D eigenvalue weighted by Gasteiger charge is 2.41. The molecule has 1 aliphatic rings. The van der Waals surface area contributed by atoms with Gasteiger partial charge in [0, 0.05) is 0 Å². The second-order valence-electron chi connectivity index (χ2n) is 6.13. The molecule has 0 aromatic heterocycles. The average molecular weight is 216 g/mol. The molecule has 3 heteroatoms. The molecule has 84 valence electrons. The van der Waals surface area contributed by atoms with Gasteiger partial charge in [0.25, 0.3) is 0 Å². The second-order valence-corrected chi connectivity index (χ2v) is 10.9.